The van der Waals surface area contributed by atoms with Crippen LogP contribution in [0.1, 0.15) is 74.1 Å². The van der Waals surface area contributed by atoms with E-state index in [-0.39, 0.29) is 30.6 Å². The van der Waals surface area contributed by atoms with Gasteiger partial charge in [0.15, 0.2) is 0 Å². The Labute approximate surface area is 232 Å². The largest absolute Gasteiger partial charge is 0.497 e. The van der Waals surface area contributed by atoms with Crippen LogP contribution in [0.3, 0.4) is 0 Å². The topological polar surface area (TPSA) is 74.2 Å². The normalized spacial score (nSPS) is 14.0. The van der Waals surface area contributed by atoms with Gasteiger partial charge in [0.05, 0.1) is 21.3 Å². The summed E-state index contributed by atoms with van der Waals surface area (Å²) >= 11 is 0. The Morgan fingerprint density at radius 1 is 0.789 bits per heavy atom. The van der Waals surface area contributed by atoms with Crippen LogP contribution >= 0.6 is 0 Å². The smallest absolute Gasteiger partial charge is 0.306 e. The number of carbonyl (C=O) groups excluding carboxylic acids is 1. The minimum Gasteiger partial charge on any atom is -0.497 e. The number of aliphatic hydroxyl groups is 1. The molecule has 3 aromatic rings. The molecule has 0 aliphatic carbocycles. The molecule has 3 rings (SSSR count). The number of rotatable bonds is 12. The van der Waals surface area contributed by atoms with Crippen molar-refractivity contribution in [2.45, 2.75) is 64.0 Å². The summed E-state index contributed by atoms with van der Waals surface area (Å²) in [4.78, 5) is 12.2. The highest BCUT2D eigenvalue weighted by molar-refractivity contribution is 5.69. The number of benzene rings is 3. The summed E-state index contributed by atoms with van der Waals surface area (Å²) in [7, 11) is 4.47. The van der Waals surface area contributed by atoms with E-state index in [1.54, 1.807) is 89.6 Å². The first-order valence-electron chi connectivity index (χ1n) is 14.5. The van der Waals surface area contributed by atoms with Gasteiger partial charge in [-0.25, -0.2) is 0 Å². The van der Waals surface area contributed by atoms with Gasteiger partial charge in [0.25, 0.3) is 0 Å². The van der Waals surface area contributed by atoms with Gasteiger partial charge in [0.2, 0.25) is 0 Å². The molecule has 6 nitrogen and oxygen atoms in total. The predicted octanol–water partition coefficient (Wildman–Crippen LogP) is 6.44. The summed E-state index contributed by atoms with van der Waals surface area (Å²) in [5.74, 6) is 0.860. The third-order valence-corrected chi connectivity index (χ3v) is 5.96. The lowest BCUT2D eigenvalue weighted by molar-refractivity contribution is -0.154. The fraction of sp³-hybridized carbons (Fsp3) is 0.406. The van der Waals surface area contributed by atoms with Crippen LogP contribution in [0.2, 0.25) is 0 Å². The summed E-state index contributed by atoms with van der Waals surface area (Å²) in [6.07, 6.45) is -5.14. The number of ether oxygens (including phenoxy) is 4. The van der Waals surface area contributed by atoms with Crippen molar-refractivity contribution in [1.29, 1.82) is 0 Å². The predicted molar refractivity (Wildman–Crippen MR) is 149 cm³/mol. The maximum atomic E-state index is 12.4. The molecule has 3 aromatic carbocycles. The second-order valence-corrected chi connectivity index (χ2v) is 9.82. The van der Waals surface area contributed by atoms with Crippen LogP contribution in [0.5, 0.6) is 17.2 Å². The van der Waals surface area contributed by atoms with Crippen molar-refractivity contribution in [3.8, 4) is 17.2 Å². The Balaban J connectivity index is 2.07. The van der Waals surface area contributed by atoms with Crippen molar-refractivity contribution in [3.63, 3.8) is 0 Å². The molecular formula is C32H40O6. The molecule has 6 heteroatoms. The quantitative estimate of drug-likeness (QED) is 0.217. The first-order chi connectivity index (χ1) is 19.6. The molecule has 0 aliphatic rings. The standard InChI is InChI=1S/C32H40O6/c1-31(2,3)38-30(33)11-9-7-8-10-23-22-26(16-21-29(23)37-6)32(34,24-12-17-27(35-4)18-13-24)25-14-19-28(36-5)20-15-25/h12-22,34H,7-11H2,1-6H3/i8D2,10D2. The minimum atomic E-state index is -2.55. The zero-order valence-electron chi connectivity index (χ0n) is 27.0. The first kappa shape index (κ1) is 23.6. The maximum absolute atomic E-state index is 12.4. The second kappa shape index (κ2) is 12.8. The number of hydrogen-bond donors (Lipinski definition) is 1. The Bertz CT molecular complexity index is 1300. The average Bonchev–Trinajstić information content (AvgIpc) is 2.95. The zero-order valence-corrected chi connectivity index (χ0v) is 23.0. The molecule has 0 saturated heterocycles. The van der Waals surface area contributed by atoms with Crippen molar-refractivity contribution < 1.29 is 34.3 Å². The lowest BCUT2D eigenvalue weighted by Gasteiger charge is -2.31. The fourth-order valence-corrected chi connectivity index (χ4v) is 4.07. The third kappa shape index (κ3) is 7.29. The van der Waals surface area contributed by atoms with Gasteiger partial charge in [-0.1, -0.05) is 36.8 Å². The summed E-state index contributed by atoms with van der Waals surface area (Å²) in [6.45, 7) is 5.25. The van der Waals surface area contributed by atoms with E-state index in [9.17, 15) is 9.90 Å². The maximum Gasteiger partial charge on any atom is 0.306 e. The first-order valence-corrected chi connectivity index (χ1v) is 12.5. The molecule has 1 N–H and O–H groups in total. The van der Waals surface area contributed by atoms with Gasteiger partial charge in [-0.15, -0.1) is 0 Å². The van der Waals surface area contributed by atoms with Gasteiger partial charge in [0.1, 0.15) is 28.5 Å². The van der Waals surface area contributed by atoms with Crippen molar-refractivity contribution in [2.24, 2.45) is 0 Å². The minimum absolute atomic E-state index is 0.0429. The molecule has 0 saturated carbocycles. The van der Waals surface area contributed by atoms with E-state index in [1.807, 2.05) is 0 Å². The molecule has 0 aliphatic heterocycles. The molecule has 0 amide bonds. The van der Waals surface area contributed by atoms with Crippen LogP contribution in [0.4, 0.5) is 0 Å². The molecule has 0 heterocycles. The van der Waals surface area contributed by atoms with Crippen molar-refractivity contribution >= 4 is 5.97 Å². The molecule has 38 heavy (non-hydrogen) atoms. The number of hydrogen-bond acceptors (Lipinski definition) is 6. The van der Waals surface area contributed by atoms with Crippen LogP contribution in [-0.4, -0.2) is 38.0 Å². The van der Waals surface area contributed by atoms with E-state index in [0.29, 0.717) is 28.2 Å². The van der Waals surface area contributed by atoms with Crippen LogP contribution < -0.4 is 14.2 Å². The van der Waals surface area contributed by atoms with Gasteiger partial charge in [-0.2, -0.15) is 0 Å². The summed E-state index contributed by atoms with van der Waals surface area (Å²) in [5.41, 5.74) is -1.19. The Morgan fingerprint density at radius 2 is 1.32 bits per heavy atom. The van der Waals surface area contributed by atoms with E-state index in [2.05, 4.69) is 0 Å². The van der Waals surface area contributed by atoms with Crippen LogP contribution in [0.25, 0.3) is 0 Å². The highest BCUT2D eigenvalue weighted by Crippen LogP contribution is 2.40. The lowest BCUT2D eigenvalue weighted by Crippen LogP contribution is -2.29. The molecule has 0 aromatic heterocycles. The molecule has 0 unspecified atom stereocenters. The van der Waals surface area contributed by atoms with Crippen molar-refractivity contribution in [3.05, 3.63) is 89.0 Å². The van der Waals surface area contributed by atoms with Crippen molar-refractivity contribution in [2.75, 3.05) is 21.3 Å². The van der Waals surface area contributed by atoms with Gasteiger partial charge in [-0.05, 0) is 98.6 Å². The number of aryl methyl sites for hydroxylation is 1. The van der Waals surface area contributed by atoms with Crippen LogP contribution in [0.15, 0.2) is 66.7 Å². The molecule has 0 fully saturated rings. The van der Waals surface area contributed by atoms with Gasteiger partial charge < -0.3 is 24.1 Å². The van der Waals surface area contributed by atoms with Gasteiger partial charge in [-0.3, -0.25) is 4.79 Å². The average molecular weight is 525 g/mol. The monoisotopic (exact) mass is 524 g/mol. The van der Waals surface area contributed by atoms with Crippen LogP contribution in [0, 0.1) is 0 Å². The van der Waals surface area contributed by atoms with E-state index in [0.717, 1.165) is 0 Å². The second-order valence-electron chi connectivity index (χ2n) is 9.82. The Morgan fingerprint density at radius 3 is 1.79 bits per heavy atom. The molecular weight excluding hydrogens is 480 g/mol. The Hall–Kier alpha value is -3.51. The number of carbonyl (C=O) groups is 1. The number of methoxy groups -OCH3 is 3. The highest BCUT2D eigenvalue weighted by Gasteiger charge is 2.34. The van der Waals surface area contributed by atoms with E-state index in [4.69, 9.17) is 24.4 Å². The highest BCUT2D eigenvalue weighted by atomic mass is 16.6. The molecule has 0 bridgehead atoms. The SMILES string of the molecule is [2H]C([2H])(CCCC(=O)OC(C)(C)C)C([2H])([2H])c1cc(C(O)(c2ccc(OC)cc2)c2ccc(OC)cc2)ccc1OC. The van der Waals surface area contributed by atoms with E-state index >= 15 is 0 Å². The summed E-state index contributed by atoms with van der Waals surface area (Å²) in [5, 5.41) is 12.4. The fourth-order valence-electron chi connectivity index (χ4n) is 4.07. The zero-order chi connectivity index (χ0) is 31.3. The van der Waals surface area contributed by atoms with Crippen LogP contribution in [-0.2, 0) is 21.5 Å². The molecule has 204 valence electrons. The van der Waals surface area contributed by atoms with E-state index in [1.165, 1.54) is 19.2 Å². The number of esters is 1. The third-order valence-electron chi connectivity index (χ3n) is 5.96. The summed E-state index contributed by atoms with van der Waals surface area (Å²) in [6, 6.07) is 18.4. The Kier molecular flexibility index (Phi) is 7.97. The molecule has 0 radical (unpaired) electrons. The van der Waals surface area contributed by atoms with Crippen molar-refractivity contribution in [1.82, 2.24) is 0 Å². The van der Waals surface area contributed by atoms with E-state index < -0.39 is 29.9 Å². The molecule has 0 spiro atoms. The molecule has 0 atom stereocenters. The van der Waals surface area contributed by atoms with Gasteiger partial charge in [0, 0.05) is 11.9 Å². The summed E-state index contributed by atoms with van der Waals surface area (Å²) < 4.78 is 56.6. The van der Waals surface area contributed by atoms with Gasteiger partial charge >= 0.3 is 5.97 Å². The lowest BCUT2D eigenvalue weighted by atomic mass is 9.79.